The van der Waals surface area contributed by atoms with Gasteiger partial charge in [0.2, 0.25) is 0 Å². The summed E-state index contributed by atoms with van der Waals surface area (Å²) in [6, 6.07) is 15.1. The van der Waals surface area contributed by atoms with Crippen LogP contribution in [0.5, 0.6) is 0 Å². The second-order valence-corrected chi connectivity index (χ2v) is 7.79. The largest absolute Gasteiger partial charge is 0.315 e. The van der Waals surface area contributed by atoms with Crippen molar-refractivity contribution in [2.75, 3.05) is 26.2 Å². The van der Waals surface area contributed by atoms with Crippen LogP contribution in [-0.2, 0) is 0 Å². The van der Waals surface area contributed by atoms with Gasteiger partial charge in [-0.05, 0) is 41.6 Å². The Hall–Kier alpha value is -1.06. The molecular formula is C21H26Cl2N2. The molecular weight excluding hydrogens is 351 g/mol. The highest BCUT2D eigenvalue weighted by Gasteiger charge is 2.25. The first-order chi connectivity index (χ1) is 12.1. The maximum atomic E-state index is 6.61. The molecule has 2 aromatic rings. The molecule has 4 heteroatoms. The summed E-state index contributed by atoms with van der Waals surface area (Å²) in [5, 5.41) is 4.77. The van der Waals surface area contributed by atoms with Gasteiger partial charge in [0.25, 0.3) is 0 Å². The summed E-state index contributed by atoms with van der Waals surface area (Å²) >= 11 is 12.9. The van der Waals surface area contributed by atoms with Crippen LogP contribution in [0.15, 0.2) is 42.5 Å². The zero-order valence-corrected chi connectivity index (χ0v) is 16.4. The monoisotopic (exact) mass is 376 g/mol. The number of halogens is 2. The maximum absolute atomic E-state index is 6.61. The van der Waals surface area contributed by atoms with Gasteiger partial charge in [-0.1, -0.05) is 73.4 Å². The van der Waals surface area contributed by atoms with Gasteiger partial charge in [0, 0.05) is 19.6 Å². The quantitative estimate of drug-likeness (QED) is 0.757. The summed E-state index contributed by atoms with van der Waals surface area (Å²) in [7, 11) is 0. The Morgan fingerprint density at radius 2 is 1.64 bits per heavy atom. The molecule has 1 aliphatic rings. The number of rotatable bonds is 4. The van der Waals surface area contributed by atoms with Crippen molar-refractivity contribution in [1.29, 1.82) is 0 Å². The van der Waals surface area contributed by atoms with Gasteiger partial charge in [-0.25, -0.2) is 0 Å². The highest BCUT2D eigenvalue weighted by molar-refractivity contribution is 6.42. The molecule has 1 atom stereocenters. The summed E-state index contributed by atoms with van der Waals surface area (Å²) in [5.41, 5.74) is 3.72. The maximum Gasteiger partial charge on any atom is 0.0643 e. The molecule has 3 rings (SSSR count). The van der Waals surface area contributed by atoms with E-state index in [4.69, 9.17) is 23.2 Å². The summed E-state index contributed by atoms with van der Waals surface area (Å²) in [6.45, 7) is 8.56. The van der Waals surface area contributed by atoms with Crippen LogP contribution in [0.4, 0.5) is 0 Å². The SMILES string of the molecule is CC(C)c1ccc(C(c2cccc(Cl)c2Cl)N2CCCNCC2)cc1. The molecule has 0 amide bonds. The molecule has 0 bridgehead atoms. The van der Waals surface area contributed by atoms with Crippen molar-refractivity contribution in [1.82, 2.24) is 10.2 Å². The lowest BCUT2D eigenvalue weighted by Crippen LogP contribution is -2.33. The van der Waals surface area contributed by atoms with Crippen LogP contribution in [0, 0.1) is 0 Å². The van der Waals surface area contributed by atoms with E-state index in [1.54, 1.807) is 0 Å². The van der Waals surface area contributed by atoms with Crippen molar-refractivity contribution < 1.29 is 0 Å². The van der Waals surface area contributed by atoms with E-state index in [1.165, 1.54) is 11.1 Å². The fraction of sp³-hybridized carbons (Fsp3) is 0.429. The molecule has 0 radical (unpaired) electrons. The van der Waals surface area contributed by atoms with Crippen molar-refractivity contribution in [3.8, 4) is 0 Å². The van der Waals surface area contributed by atoms with E-state index in [1.807, 2.05) is 12.1 Å². The zero-order valence-electron chi connectivity index (χ0n) is 14.9. The van der Waals surface area contributed by atoms with Crippen molar-refractivity contribution in [2.24, 2.45) is 0 Å². The number of nitrogens with one attached hydrogen (secondary N) is 1. The van der Waals surface area contributed by atoms with Crippen LogP contribution in [0.2, 0.25) is 10.0 Å². The van der Waals surface area contributed by atoms with E-state index in [0.29, 0.717) is 16.0 Å². The first-order valence-corrected chi connectivity index (χ1v) is 9.82. The molecule has 1 unspecified atom stereocenters. The molecule has 0 saturated carbocycles. The first-order valence-electron chi connectivity index (χ1n) is 9.06. The van der Waals surface area contributed by atoms with Crippen molar-refractivity contribution in [3.63, 3.8) is 0 Å². The molecule has 1 saturated heterocycles. The minimum atomic E-state index is 0.132. The minimum absolute atomic E-state index is 0.132. The summed E-state index contributed by atoms with van der Waals surface area (Å²) < 4.78 is 0. The average molecular weight is 377 g/mol. The first kappa shape index (κ1) is 18.7. The topological polar surface area (TPSA) is 15.3 Å². The van der Waals surface area contributed by atoms with Gasteiger partial charge in [0.1, 0.15) is 0 Å². The van der Waals surface area contributed by atoms with Gasteiger partial charge in [0.05, 0.1) is 16.1 Å². The number of nitrogens with zero attached hydrogens (tertiary/aromatic N) is 1. The fourth-order valence-corrected chi connectivity index (χ4v) is 3.92. The summed E-state index contributed by atoms with van der Waals surface area (Å²) in [4.78, 5) is 2.52. The van der Waals surface area contributed by atoms with Crippen LogP contribution < -0.4 is 5.32 Å². The van der Waals surface area contributed by atoms with Gasteiger partial charge < -0.3 is 5.32 Å². The fourth-order valence-electron chi connectivity index (χ4n) is 3.51. The lowest BCUT2D eigenvalue weighted by Gasteiger charge is -2.32. The molecule has 0 aliphatic carbocycles. The number of hydrogen-bond acceptors (Lipinski definition) is 2. The second-order valence-electron chi connectivity index (χ2n) is 7.01. The smallest absolute Gasteiger partial charge is 0.0643 e. The average Bonchev–Trinajstić information content (AvgIpc) is 2.89. The third-order valence-corrected chi connectivity index (χ3v) is 5.77. The Labute approximate surface area is 161 Å². The normalized spacial score (nSPS) is 17.5. The van der Waals surface area contributed by atoms with Gasteiger partial charge >= 0.3 is 0 Å². The third kappa shape index (κ3) is 4.38. The molecule has 0 spiro atoms. The van der Waals surface area contributed by atoms with Gasteiger partial charge in [-0.3, -0.25) is 4.90 Å². The van der Waals surface area contributed by atoms with E-state index in [0.717, 1.165) is 38.2 Å². The van der Waals surface area contributed by atoms with Crippen LogP contribution in [0.3, 0.4) is 0 Å². The zero-order chi connectivity index (χ0) is 17.8. The Morgan fingerprint density at radius 1 is 0.920 bits per heavy atom. The highest BCUT2D eigenvalue weighted by atomic mass is 35.5. The highest BCUT2D eigenvalue weighted by Crippen LogP contribution is 2.37. The van der Waals surface area contributed by atoms with E-state index < -0.39 is 0 Å². The molecule has 0 aromatic heterocycles. The summed E-state index contributed by atoms with van der Waals surface area (Å²) in [5.74, 6) is 0.532. The van der Waals surface area contributed by atoms with Crippen molar-refractivity contribution >= 4 is 23.2 Å². The molecule has 2 nitrogen and oxygen atoms in total. The molecule has 1 heterocycles. The van der Waals surface area contributed by atoms with Crippen LogP contribution in [0.1, 0.15) is 48.9 Å². The number of hydrogen-bond donors (Lipinski definition) is 1. The molecule has 25 heavy (non-hydrogen) atoms. The van der Waals surface area contributed by atoms with Crippen LogP contribution in [-0.4, -0.2) is 31.1 Å². The van der Waals surface area contributed by atoms with Crippen LogP contribution in [0.25, 0.3) is 0 Å². The van der Waals surface area contributed by atoms with Crippen molar-refractivity contribution in [3.05, 3.63) is 69.2 Å². The lowest BCUT2D eigenvalue weighted by atomic mass is 9.94. The lowest BCUT2D eigenvalue weighted by molar-refractivity contribution is 0.241. The van der Waals surface area contributed by atoms with Crippen LogP contribution >= 0.6 is 23.2 Å². The van der Waals surface area contributed by atoms with E-state index in [2.05, 4.69) is 54.4 Å². The summed E-state index contributed by atoms with van der Waals surface area (Å²) in [6.07, 6.45) is 1.14. The van der Waals surface area contributed by atoms with Crippen molar-refractivity contribution in [2.45, 2.75) is 32.2 Å². The van der Waals surface area contributed by atoms with E-state index >= 15 is 0 Å². The standard InChI is InChI=1S/C21H26Cl2N2/c1-15(2)16-7-9-17(10-8-16)21(25-13-4-11-24-12-14-25)18-5-3-6-19(22)20(18)23/h3,5-10,15,21,24H,4,11-14H2,1-2H3. The number of benzene rings is 2. The predicted octanol–water partition coefficient (Wildman–Crippen LogP) is 5.50. The van der Waals surface area contributed by atoms with Gasteiger partial charge in [0.15, 0.2) is 0 Å². The molecule has 1 aliphatic heterocycles. The van der Waals surface area contributed by atoms with Gasteiger partial charge in [-0.15, -0.1) is 0 Å². The Kier molecular flexibility index (Phi) is 6.40. The molecule has 2 aromatic carbocycles. The molecule has 1 fully saturated rings. The minimum Gasteiger partial charge on any atom is -0.315 e. The predicted molar refractivity (Wildman–Crippen MR) is 108 cm³/mol. The Morgan fingerprint density at radius 3 is 2.36 bits per heavy atom. The molecule has 134 valence electrons. The van der Waals surface area contributed by atoms with Gasteiger partial charge in [-0.2, -0.15) is 0 Å². The third-order valence-electron chi connectivity index (χ3n) is 4.93. The van der Waals surface area contributed by atoms with E-state index in [-0.39, 0.29) is 6.04 Å². The Bertz CT molecular complexity index is 690. The molecule has 1 N–H and O–H groups in total. The van der Waals surface area contributed by atoms with E-state index in [9.17, 15) is 0 Å². The Balaban J connectivity index is 2.03. The second kappa shape index (κ2) is 8.55.